The summed E-state index contributed by atoms with van der Waals surface area (Å²) in [6, 6.07) is 7.99. The van der Waals surface area contributed by atoms with Gasteiger partial charge in [-0.25, -0.2) is 4.79 Å². The Balaban J connectivity index is 2.21. The van der Waals surface area contributed by atoms with Crippen molar-refractivity contribution in [1.29, 1.82) is 0 Å². The summed E-state index contributed by atoms with van der Waals surface area (Å²) >= 11 is 0. The summed E-state index contributed by atoms with van der Waals surface area (Å²) in [5, 5.41) is 9.46. The highest BCUT2D eigenvalue weighted by atomic mass is 16.5. The van der Waals surface area contributed by atoms with E-state index in [0.717, 1.165) is 11.6 Å². The first-order chi connectivity index (χ1) is 8.36. The molecule has 1 aromatic carbocycles. The van der Waals surface area contributed by atoms with E-state index < -0.39 is 5.97 Å². The Morgan fingerprint density at radius 3 is 2.33 bits per heavy atom. The molecule has 0 radical (unpaired) electrons. The minimum absolute atomic E-state index is 0.0798. The van der Waals surface area contributed by atoms with Crippen molar-refractivity contribution in [3.8, 4) is 0 Å². The van der Waals surface area contributed by atoms with Gasteiger partial charge in [-0.2, -0.15) is 0 Å². The van der Waals surface area contributed by atoms with Crippen molar-refractivity contribution >= 4 is 5.97 Å². The van der Waals surface area contributed by atoms with Gasteiger partial charge in [0.05, 0.1) is 6.08 Å². The number of carbonyl (C=O) groups is 1. The van der Waals surface area contributed by atoms with Crippen molar-refractivity contribution in [2.24, 2.45) is 0 Å². The lowest BCUT2D eigenvalue weighted by Gasteiger charge is -2.23. The van der Waals surface area contributed by atoms with E-state index in [1.165, 1.54) is 5.56 Å². The number of esters is 1. The molecule has 2 rings (SSSR count). The van der Waals surface area contributed by atoms with Gasteiger partial charge in [-0.1, -0.05) is 45.0 Å². The molecule has 3 nitrogen and oxygen atoms in total. The van der Waals surface area contributed by atoms with E-state index in [9.17, 15) is 9.90 Å². The molecule has 1 aliphatic rings. The molecule has 1 aromatic rings. The van der Waals surface area contributed by atoms with Crippen LogP contribution in [-0.2, 0) is 14.9 Å². The molecule has 1 heterocycles. The molecule has 0 aromatic heterocycles. The zero-order valence-electron chi connectivity index (χ0n) is 10.9. The van der Waals surface area contributed by atoms with Gasteiger partial charge in [-0.3, -0.25) is 0 Å². The van der Waals surface area contributed by atoms with Gasteiger partial charge in [-0.15, -0.1) is 0 Å². The molecule has 1 N–H and O–H groups in total. The third-order valence-corrected chi connectivity index (χ3v) is 3.09. The van der Waals surface area contributed by atoms with Crippen molar-refractivity contribution in [2.75, 3.05) is 0 Å². The SMILES string of the molecule is CC(C)(C)c1ccc(C2CC(O)=CC(=O)O2)cc1. The van der Waals surface area contributed by atoms with Crippen LogP contribution in [0.5, 0.6) is 0 Å². The van der Waals surface area contributed by atoms with Crippen LogP contribution < -0.4 is 0 Å². The fraction of sp³-hybridized carbons (Fsp3) is 0.400. The second-order valence-electron chi connectivity index (χ2n) is 5.64. The zero-order valence-corrected chi connectivity index (χ0v) is 10.9. The average Bonchev–Trinajstić information content (AvgIpc) is 2.27. The first-order valence-electron chi connectivity index (χ1n) is 6.07. The molecule has 0 saturated carbocycles. The molecule has 0 aliphatic carbocycles. The molecule has 0 fully saturated rings. The fourth-order valence-electron chi connectivity index (χ4n) is 1.98. The topological polar surface area (TPSA) is 46.5 Å². The van der Waals surface area contributed by atoms with Gasteiger partial charge >= 0.3 is 5.97 Å². The third kappa shape index (κ3) is 2.73. The van der Waals surface area contributed by atoms with Crippen molar-refractivity contribution in [3.63, 3.8) is 0 Å². The molecule has 1 unspecified atom stereocenters. The van der Waals surface area contributed by atoms with Crippen molar-refractivity contribution in [1.82, 2.24) is 0 Å². The first kappa shape index (κ1) is 12.7. The highest BCUT2D eigenvalue weighted by Crippen LogP contribution is 2.30. The predicted molar refractivity (Wildman–Crippen MR) is 69.3 cm³/mol. The summed E-state index contributed by atoms with van der Waals surface area (Å²) in [5.74, 6) is -0.403. The van der Waals surface area contributed by atoms with Gasteiger partial charge in [0, 0.05) is 6.42 Å². The Labute approximate surface area is 107 Å². The van der Waals surface area contributed by atoms with E-state index in [1.807, 2.05) is 24.3 Å². The Bertz CT molecular complexity index is 477. The smallest absolute Gasteiger partial charge is 0.334 e. The van der Waals surface area contributed by atoms with Crippen LogP contribution in [0.15, 0.2) is 36.1 Å². The monoisotopic (exact) mass is 246 g/mol. The maximum atomic E-state index is 11.2. The van der Waals surface area contributed by atoms with E-state index in [-0.39, 0.29) is 17.3 Å². The van der Waals surface area contributed by atoms with Gasteiger partial charge in [-0.05, 0) is 16.5 Å². The van der Waals surface area contributed by atoms with E-state index in [2.05, 4.69) is 20.8 Å². The number of rotatable bonds is 1. The maximum absolute atomic E-state index is 11.2. The maximum Gasteiger partial charge on any atom is 0.334 e. The van der Waals surface area contributed by atoms with Crippen LogP contribution in [0.3, 0.4) is 0 Å². The normalized spacial score (nSPS) is 20.3. The number of hydrogen-bond acceptors (Lipinski definition) is 3. The largest absolute Gasteiger partial charge is 0.512 e. The molecule has 3 heteroatoms. The molecule has 0 saturated heterocycles. The van der Waals surface area contributed by atoms with Crippen LogP contribution >= 0.6 is 0 Å². The molecule has 18 heavy (non-hydrogen) atoms. The summed E-state index contributed by atoms with van der Waals surface area (Å²) in [6.45, 7) is 6.45. The minimum Gasteiger partial charge on any atom is -0.512 e. The van der Waals surface area contributed by atoms with Crippen LogP contribution in [0.4, 0.5) is 0 Å². The molecule has 0 bridgehead atoms. The molecular formula is C15H18O3. The summed E-state index contributed by atoms with van der Waals surface area (Å²) in [6.07, 6.45) is 1.09. The van der Waals surface area contributed by atoms with Crippen LogP contribution in [0.1, 0.15) is 44.4 Å². The number of ether oxygens (including phenoxy) is 1. The summed E-state index contributed by atoms with van der Waals surface area (Å²) in [4.78, 5) is 11.2. The van der Waals surface area contributed by atoms with E-state index in [1.54, 1.807) is 0 Å². The van der Waals surface area contributed by atoms with Gasteiger partial charge in [0.25, 0.3) is 0 Å². The van der Waals surface area contributed by atoms with Crippen molar-refractivity contribution in [3.05, 3.63) is 47.2 Å². The number of carbonyl (C=O) groups excluding carboxylic acids is 1. The standard InChI is InChI=1S/C15H18O3/c1-15(2,3)11-6-4-10(5-7-11)13-8-12(16)9-14(17)18-13/h4-7,9,13,16H,8H2,1-3H3. The van der Waals surface area contributed by atoms with Crippen LogP contribution in [0, 0.1) is 0 Å². The van der Waals surface area contributed by atoms with Crippen molar-refractivity contribution in [2.45, 2.75) is 38.7 Å². The molecule has 1 aliphatic heterocycles. The summed E-state index contributed by atoms with van der Waals surface area (Å²) < 4.78 is 5.19. The number of aliphatic hydroxyl groups excluding tert-OH is 1. The van der Waals surface area contributed by atoms with E-state index in [0.29, 0.717) is 6.42 Å². The molecular weight excluding hydrogens is 228 g/mol. The number of benzene rings is 1. The van der Waals surface area contributed by atoms with Crippen LogP contribution in [-0.4, -0.2) is 11.1 Å². The number of aliphatic hydroxyl groups is 1. The average molecular weight is 246 g/mol. The lowest BCUT2D eigenvalue weighted by molar-refractivity contribution is -0.145. The van der Waals surface area contributed by atoms with Crippen LogP contribution in [0.2, 0.25) is 0 Å². The Hall–Kier alpha value is -1.77. The zero-order chi connectivity index (χ0) is 13.3. The fourth-order valence-corrected chi connectivity index (χ4v) is 1.98. The summed E-state index contributed by atoms with van der Waals surface area (Å²) in [7, 11) is 0. The lowest BCUT2D eigenvalue weighted by atomic mass is 9.86. The van der Waals surface area contributed by atoms with Gasteiger partial charge in [0.15, 0.2) is 0 Å². The molecule has 0 spiro atoms. The highest BCUT2D eigenvalue weighted by molar-refractivity contribution is 5.83. The number of cyclic esters (lactones) is 1. The minimum atomic E-state index is -0.483. The predicted octanol–water partition coefficient (Wildman–Crippen LogP) is 3.41. The molecule has 0 amide bonds. The third-order valence-electron chi connectivity index (χ3n) is 3.09. The Kier molecular flexibility index (Phi) is 3.16. The van der Waals surface area contributed by atoms with Crippen LogP contribution in [0.25, 0.3) is 0 Å². The highest BCUT2D eigenvalue weighted by Gasteiger charge is 2.23. The number of hydrogen-bond donors (Lipinski definition) is 1. The lowest BCUT2D eigenvalue weighted by Crippen LogP contribution is -2.16. The quantitative estimate of drug-likeness (QED) is 0.772. The van der Waals surface area contributed by atoms with Gasteiger partial charge < -0.3 is 9.84 Å². The molecule has 1 atom stereocenters. The Morgan fingerprint density at radius 1 is 1.22 bits per heavy atom. The Morgan fingerprint density at radius 2 is 1.83 bits per heavy atom. The second kappa shape index (κ2) is 4.48. The summed E-state index contributed by atoms with van der Waals surface area (Å²) in [5.41, 5.74) is 2.24. The van der Waals surface area contributed by atoms with Gasteiger partial charge in [0.1, 0.15) is 11.9 Å². The second-order valence-corrected chi connectivity index (χ2v) is 5.64. The van der Waals surface area contributed by atoms with Gasteiger partial charge in [0.2, 0.25) is 0 Å². The van der Waals surface area contributed by atoms with E-state index in [4.69, 9.17) is 4.74 Å². The van der Waals surface area contributed by atoms with Crippen molar-refractivity contribution < 1.29 is 14.6 Å². The molecule has 96 valence electrons. The first-order valence-corrected chi connectivity index (χ1v) is 6.07. The van der Waals surface area contributed by atoms with E-state index >= 15 is 0 Å².